The molecule has 48 heavy (non-hydrogen) atoms. The van der Waals surface area contributed by atoms with Crippen LogP contribution in [-0.2, 0) is 0 Å². The number of fused-ring (bicyclic) bond motifs is 4. The van der Waals surface area contributed by atoms with Crippen molar-refractivity contribution in [2.24, 2.45) is 0 Å². The largest absolute Gasteiger partial charge is 0.310 e. The Morgan fingerprint density at radius 3 is 1.19 bits per heavy atom. The monoisotopic (exact) mass is 612 g/mol. The molecule has 0 atom stereocenters. The van der Waals surface area contributed by atoms with Crippen LogP contribution in [0, 0.1) is 0 Å². The van der Waals surface area contributed by atoms with Crippen molar-refractivity contribution in [3.05, 3.63) is 194 Å². The molecule has 0 fully saturated rings. The van der Waals surface area contributed by atoms with Gasteiger partial charge in [0.25, 0.3) is 0 Å². The third kappa shape index (κ3) is 4.74. The van der Waals surface area contributed by atoms with Crippen LogP contribution in [0.25, 0.3) is 60.5 Å². The van der Waals surface area contributed by atoms with E-state index in [0.29, 0.717) is 0 Å². The van der Waals surface area contributed by atoms with Gasteiger partial charge >= 0.3 is 0 Å². The van der Waals surface area contributed by atoms with Crippen LogP contribution in [-0.4, -0.2) is 4.57 Å². The Hall–Kier alpha value is -6.38. The summed E-state index contributed by atoms with van der Waals surface area (Å²) < 4.78 is 2.42. The van der Waals surface area contributed by atoms with Crippen LogP contribution in [0.2, 0.25) is 0 Å². The number of para-hydroxylation sites is 2. The molecule has 2 heteroatoms. The molecule has 1 aromatic heterocycles. The van der Waals surface area contributed by atoms with Gasteiger partial charge in [0.15, 0.2) is 0 Å². The van der Waals surface area contributed by atoms with Gasteiger partial charge < -0.3 is 9.47 Å². The van der Waals surface area contributed by atoms with Crippen molar-refractivity contribution >= 4 is 49.6 Å². The molecule has 0 saturated carbocycles. The number of rotatable bonds is 6. The number of aromatic nitrogens is 1. The Morgan fingerprint density at radius 1 is 0.292 bits per heavy atom. The fourth-order valence-electron chi connectivity index (χ4n) is 7.13. The van der Waals surface area contributed by atoms with E-state index < -0.39 is 0 Å². The maximum Gasteiger partial charge on any atom is 0.0542 e. The molecule has 0 N–H and O–H groups in total. The first-order valence-electron chi connectivity index (χ1n) is 16.4. The second-order valence-corrected chi connectivity index (χ2v) is 12.2. The lowest BCUT2D eigenvalue weighted by Crippen LogP contribution is -2.11. The third-order valence-corrected chi connectivity index (χ3v) is 9.41. The minimum atomic E-state index is 1.11. The van der Waals surface area contributed by atoms with Gasteiger partial charge in [-0.15, -0.1) is 0 Å². The predicted octanol–water partition coefficient (Wildman–Crippen LogP) is 12.7. The topological polar surface area (TPSA) is 8.17 Å². The third-order valence-electron chi connectivity index (χ3n) is 9.41. The van der Waals surface area contributed by atoms with Crippen molar-refractivity contribution < 1.29 is 0 Å². The highest BCUT2D eigenvalue weighted by molar-refractivity contribution is 6.11. The zero-order chi connectivity index (χ0) is 31.9. The van der Waals surface area contributed by atoms with E-state index in [9.17, 15) is 0 Å². The van der Waals surface area contributed by atoms with Crippen LogP contribution < -0.4 is 4.90 Å². The lowest BCUT2D eigenvalue weighted by Gasteiger charge is -2.28. The minimum Gasteiger partial charge on any atom is -0.310 e. The Bertz CT molecular complexity index is 2390. The number of hydrogen-bond donors (Lipinski definition) is 0. The molecule has 8 aromatic carbocycles. The molecule has 9 rings (SSSR count). The average molecular weight is 613 g/mol. The van der Waals surface area contributed by atoms with E-state index in [1.807, 2.05) is 0 Å². The molecule has 2 nitrogen and oxygen atoms in total. The Kier molecular flexibility index (Phi) is 6.84. The molecule has 0 aliphatic carbocycles. The molecule has 0 bridgehead atoms. The van der Waals surface area contributed by atoms with Crippen LogP contribution in [0.1, 0.15) is 0 Å². The van der Waals surface area contributed by atoms with Crippen LogP contribution >= 0.6 is 0 Å². The van der Waals surface area contributed by atoms with Crippen LogP contribution in [0.3, 0.4) is 0 Å². The first-order chi connectivity index (χ1) is 23.8. The van der Waals surface area contributed by atoms with Gasteiger partial charge in [-0.2, -0.15) is 0 Å². The molecular weight excluding hydrogens is 581 g/mol. The van der Waals surface area contributed by atoms with E-state index in [1.54, 1.807) is 0 Å². The normalized spacial score (nSPS) is 11.3. The summed E-state index contributed by atoms with van der Waals surface area (Å²) in [6, 6.07) is 69.8. The van der Waals surface area contributed by atoms with E-state index >= 15 is 0 Å². The Labute approximate surface area is 280 Å². The average Bonchev–Trinajstić information content (AvgIpc) is 3.50. The van der Waals surface area contributed by atoms with Crippen molar-refractivity contribution in [1.82, 2.24) is 4.57 Å². The molecular formula is C46H32N2. The smallest absolute Gasteiger partial charge is 0.0542 e. The highest BCUT2D eigenvalue weighted by Crippen LogP contribution is 2.43. The van der Waals surface area contributed by atoms with Crippen LogP contribution in [0.4, 0.5) is 17.1 Å². The lowest BCUT2D eigenvalue weighted by atomic mass is 10.0. The highest BCUT2D eigenvalue weighted by atomic mass is 15.1. The summed E-state index contributed by atoms with van der Waals surface area (Å²) in [6.45, 7) is 0. The van der Waals surface area contributed by atoms with Gasteiger partial charge in [-0.05, 0) is 70.8 Å². The van der Waals surface area contributed by atoms with Crippen molar-refractivity contribution in [3.8, 4) is 27.9 Å². The lowest BCUT2D eigenvalue weighted by molar-refractivity contribution is 1.19. The second kappa shape index (κ2) is 11.8. The molecule has 0 unspecified atom stereocenters. The maximum atomic E-state index is 2.42. The van der Waals surface area contributed by atoms with Crippen molar-refractivity contribution in [2.45, 2.75) is 0 Å². The van der Waals surface area contributed by atoms with Gasteiger partial charge in [-0.1, -0.05) is 146 Å². The predicted molar refractivity (Wildman–Crippen MR) is 204 cm³/mol. The fourth-order valence-corrected chi connectivity index (χ4v) is 7.13. The van der Waals surface area contributed by atoms with E-state index in [-0.39, 0.29) is 0 Å². The summed E-state index contributed by atoms with van der Waals surface area (Å²) >= 11 is 0. The van der Waals surface area contributed by atoms with Gasteiger partial charge in [0, 0.05) is 32.9 Å². The maximum absolute atomic E-state index is 2.42. The quantitative estimate of drug-likeness (QED) is 0.181. The summed E-state index contributed by atoms with van der Waals surface area (Å²) in [5, 5.41) is 4.92. The SMILES string of the molecule is c1ccc(-c2ccc(N(c3ccc(-c4ccccc4)cc3)c3ccc(-n4c5ccccc5c5ccccc54)c4ccccc34)cc2)cc1. The van der Waals surface area contributed by atoms with E-state index in [2.05, 4.69) is 204 Å². The van der Waals surface area contributed by atoms with Crippen LogP contribution in [0.5, 0.6) is 0 Å². The fraction of sp³-hybridized carbons (Fsp3) is 0. The molecule has 0 aliphatic rings. The van der Waals surface area contributed by atoms with E-state index in [1.165, 1.54) is 60.5 Å². The first-order valence-corrected chi connectivity index (χ1v) is 16.4. The van der Waals surface area contributed by atoms with Gasteiger partial charge in [0.1, 0.15) is 0 Å². The summed E-state index contributed by atoms with van der Waals surface area (Å²) in [5.74, 6) is 0. The molecule has 1 heterocycles. The molecule has 0 spiro atoms. The molecule has 0 aliphatic heterocycles. The number of hydrogen-bond acceptors (Lipinski definition) is 1. The summed E-state index contributed by atoms with van der Waals surface area (Å²) in [6.07, 6.45) is 0. The summed E-state index contributed by atoms with van der Waals surface area (Å²) in [5.41, 5.74) is 11.8. The highest BCUT2D eigenvalue weighted by Gasteiger charge is 2.19. The number of benzene rings is 8. The first kappa shape index (κ1) is 27.9. The standard InChI is InChI=1S/C46H32N2/c1-3-13-33(14-4-1)35-23-27-37(28-24-35)47(38-29-25-36(26-30-38)34-15-5-2-6-16-34)45-31-32-46(42-18-8-7-17-41(42)45)48-43-21-11-9-19-39(43)40-20-10-12-22-44(40)48/h1-32H. The Morgan fingerprint density at radius 2 is 0.688 bits per heavy atom. The van der Waals surface area contributed by atoms with E-state index in [4.69, 9.17) is 0 Å². The molecule has 0 amide bonds. The zero-order valence-corrected chi connectivity index (χ0v) is 26.4. The molecule has 0 saturated heterocycles. The van der Waals surface area contributed by atoms with Gasteiger partial charge in [0.2, 0.25) is 0 Å². The minimum absolute atomic E-state index is 1.11. The van der Waals surface area contributed by atoms with Gasteiger partial charge in [-0.25, -0.2) is 0 Å². The van der Waals surface area contributed by atoms with Crippen molar-refractivity contribution in [1.29, 1.82) is 0 Å². The Balaban J connectivity index is 1.24. The van der Waals surface area contributed by atoms with Gasteiger partial charge in [0.05, 0.1) is 22.4 Å². The second-order valence-electron chi connectivity index (χ2n) is 12.2. The van der Waals surface area contributed by atoms with Crippen molar-refractivity contribution in [2.75, 3.05) is 4.90 Å². The summed E-state index contributed by atoms with van der Waals surface area (Å²) in [4.78, 5) is 2.39. The molecule has 9 aromatic rings. The number of nitrogens with zero attached hydrogens (tertiary/aromatic N) is 2. The molecule has 0 radical (unpaired) electrons. The summed E-state index contributed by atoms with van der Waals surface area (Å²) in [7, 11) is 0. The molecule has 226 valence electrons. The van der Waals surface area contributed by atoms with E-state index in [0.717, 1.165) is 17.1 Å². The van der Waals surface area contributed by atoms with Crippen molar-refractivity contribution in [3.63, 3.8) is 0 Å². The van der Waals surface area contributed by atoms with Gasteiger partial charge in [-0.3, -0.25) is 0 Å². The zero-order valence-electron chi connectivity index (χ0n) is 26.4. The van der Waals surface area contributed by atoms with Crippen LogP contribution in [0.15, 0.2) is 194 Å². The number of anilines is 3.